The number of hydrogen-bond donors (Lipinski definition) is 2. The minimum atomic E-state index is 0.0152. The van der Waals surface area contributed by atoms with Gasteiger partial charge in [-0.3, -0.25) is 0 Å². The zero-order valence-electron chi connectivity index (χ0n) is 11.4. The predicted molar refractivity (Wildman–Crippen MR) is 69.5 cm³/mol. The molecule has 0 aromatic heterocycles. The van der Waals surface area contributed by atoms with Crippen molar-refractivity contribution in [3.63, 3.8) is 0 Å². The minimum Gasteiger partial charge on any atom is -0.396 e. The molecule has 0 spiro atoms. The predicted octanol–water partition coefficient (Wildman–Crippen LogP) is 2.81. The van der Waals surface area contributed by atoms with Crippen LogP contribution in [0.15, 0.2) is 0 Å². The average molecular weight is 227 g/mol. The Kier molecular flexibility index (Phi) is 5.26. The van der Waals surface area contributed by atoms with E-state index < -0.39 is 0 Å². The molecule has 1 aliphatic rings. The van der Waals surface area contributed by atoms with Crippen molar-refractivity contribution in [2.45, 2.75) is 59.4 Å². The maximum absolute atomic E-state index is 9.25. The summed E-state index contributed by atoms with van der Waals surface area (Å²) >= 11 is 0. The molecule has 2 heteroatoms. The zero-order chi connectivity index (χ0) is 12.2. The summed E-state index contributed by atoms with van der Waals surface area (Å²) in [6.45, 7) is 10.1. The van der Waals surface area contributed by atoms with Crippen LogP contribution in [-0.2, 0) is 0 Å². The van der Waals surface area contributed by atoms with Crippen molar-refractivity contribution < 1.29 is 5.11 Å². The van der Waals surface area contributed by atoms with Gasteiger partial charge in [-0.25, -0.2) is 0 Å². The highest BCUT2D eigenvalue weighted by molar-refractivity contribution is 4.84. The SMILES string of the molecule is CCC1CC(C)CCC1NCC(C)(C)CO. The number of hydrogen-bond acceptors (Lipinski definition) is 2. The van der Waals surface area contributed by atoms with Crippen molar-refractivity contribution in [1.82, 2.24) is 5.32 Å². The largest absolute Gasteiger partial charge is 0.396 e. The number of nitrogens with one attached hydrogen (secondary N) is 1. The number of aliphatic hydroxyl groups is 1. The van der Waals surface area contributed by atoms with Gasteiger partial charge in [0.1, 0.15) is 0 Å². The molecule has 0 saturated heterocycles. The van der Waals surface area contributed by atoms with Gasteiger partial charge in [0.25, 0.3) is 0 Å². The Hall–Kier alpha value is -0.0800. The first-order valence-electron chi connectivity index (χ1n) is 6.82. The monoisotopic (exact) mass is 227 g/mol. The Labute approximate surface area is 101 Å². The standard InChI is InChI=1S/C14H29NO/c1-5-12-8-11(2)6-7-13(12)15-9-14(3,4)10-16/h11-13,15-16H,5-10H2,1-4H3. The summed E-state index contributed by atoms with van der Waals surface area (Å²) in [5, 5.41) is 12.9. The summed E-state index contributed by atoms with van der Waals surface area (Å²) in [7, 11) is 0. The van der Waals surface area contributed by atoms with Crippen molar-refractivity contribution in [2.75, 3.05) is 13.2 Å². The first-order valence-corrected chi connectivity index (χ1v) is 6.82. The van der Waals surface area contributed by atoms with Gasteiger partial charge in [0.2, 0.25) is 0 Å². The molecule has 1 rings (SSSR count). The van der Waals surface area contributed by atoms with Gasteiger partial charge >= 0.3 is 0 Å². The van der Waals surface area contributed by atoms with E-state index in [0.717, 1.165) is 18.4 Å². The molecule has 0 heterocycles. The molecule has 0 bridgehead atoms. The van der Waals surface area contributed by atoms with Crippen LogP contribution >= 0.6 is 0 Å². The lowest BCUT2D eigenvalue weighted by atomic mass is 9.77. The van der Waals surface area contributed by atoms with Crippen molar-refractivity contribution in [2.24, 2.45) is 17.3 Å². The lowest BCUT2D eigenvalue weighted by Crippen LogP contribution is -2.44. The molecule has 1 aliphatic carbocycles. The molecule has 2 N–H and O–H groups in total. The third kappa shape index (κ3) is 4.06. The maximum atomic E-state index is 9.25. The second-order valence-corrected chi connectivity index (χ2v) is 6.40. The van der Waals surface area contributed by atoms with Crippen LogP contribution < -0.4 is 5.32 Å². The topological polar surface area (TPSA) is 32.3 Å². The molecule has 0 aliphatic heterocycles. The van der Waals surface area contributed by atoms with Crippen molar-refractivity contribution >= 4 is 0 Å². The highest BCUT2D eigenvalue weighted by Gasteiger charge is 2.28. The molecule has 16 heavy (non-hydrogen) atoms. The van der Waals surface area contributed by atoms with Crippen LogP contribution in [0.2, 0.25) is 0 Å². The van der Waals surface area contributed by atoms with Gasteiger partial charge in [0.05, 0.1) is 0 Å². The summed E-state index contributed by atoms with van der Waals surface area (Å²) in [4.78, 5) is 0. The summed E-state index contributed by atoms with van der Waals surface area (Å²) in [6.07, 6.45) is 5.31. The van der Waals surface area contributed by atoms with E-state index in [2.05, 4.69) is 33.0 Å². The van der Waals surface area contributed by atoms with E-state index in [4.69, 9.17) is 0 Å². The second-order valence-electron chi connectivity index (χ2n) is 6.40. The van der Waals surface area contributed by atoms with Crippen LogP contribution in [0.25, 0.3) is 0 Å². The fraction of sp³-hybridized carbons (Fsp3) is 1.00. The Morgan fingerprint density at radius 1 is 1.31 bits per heavy atom. The second kappa shape index (κ2) is 6.02. The minimum absolute atomic E-state index is 0.0152. The fourth-order valence-corrected chi connectivity index (χ4v) is 2.68. The van der Waals surface area contributed by atoms with Gasteiger partial charge in [-0.15, -0.1) is 0 Å². The van der Waals surface area contributed by atoms with Gasteiger partial charge in [0.15, 0.2) is 0 Å². The normalized spacial score (nSPS) is 31.7. The summed E-state index contributed by atoms with van der Waals surface area (Å²) in [6, 6.07) is 0.673. The quantitative estimate of drug-likeness (QED) is 0.757. The number of rotatable bonds is 5. The molecule has 0 radical (unpaired) electrons. The maximum Gasteiger partial charge on any atom is 0.0494 e. The molecule has 1 fully saturated rings. The molecule has 3 unspecified atom stereocenters. The molecule has 96 valence electrons. The molecule has 0 aromatic carbocycles. The third-order valence-corrected chi connectivity index (χ3v) is 4.04. The van der Waals surface area contributed by atoms with E-state index in [1.165, 1.54) is 25.7 Å². The van der Waals surface area contributed by atoms with Gasteiger partial charge in [-0.1, -0.05) is 34.1 Å². The van der Waals surface area contributed by atoms with Crippen molar-refractivity contribution in [3.8, 4) is 0 Å². The molecule has 1 saturated carbocycles. The van der Waals surface area contributed by atoms with Crippen LogP contribution in [0.1, 0.15) is 53.4 Å². The molecular formula is C14H29NO. The Morgan fingerprint density at radius 2 is 2.00 bits per heavy atom. The van der Waals surface area contributed by atoms with Crippen LogP contribution in [-0.4, -0.2) is 24.3 Å². The molecular weight excluding hydrogens is 198 g/mol. The summed E-state index contributed by atoms with van der Waals surface area (Å²) < 4.78 is 0. The van der Waals surface area contributed by atoms with Crippen LogP contribution in [0.3, 0.4) is 0 Å². The van der Waals surface area contributed by atoms with Crippen molar-refractivity contribution in [3.05, 3.63) is 0 Å². The highest BCUT2D eigenvalue weighted by atomic mass is 16.3. The Balaban J connectivity index is 2.40. The summed E-state index contributed by atoms with van der Waals surface area (Å²) in [5.74, 6) is 1.73. The van der Waals surface area contributed by atoms with Crippen LogP contribution in [0.5, 0.6) is 0 Å². The van der Waals surface area contributed by atoms with E-state index in [9.17, 15) is 5.11 Å². The Bertz CT molecular complexity index is 203. The Morgan fingerprint density at radius 3 is 2.56 bits per heavy atom. The zero-order valence-corrected chi connectivity index (χ0v) is 11.4. The van der Waals surface area contributed by atoms with E-state index in [-0.39, 0.29) is 12.0 Å². The molecule has 2 nitrogen and oxygen atoms in total. The van der Waals surface area contributed by atoms with Gasteiger partial charge in [-0.05, 0) is 31.1 Å². The lowest BCUT2D eigenvalue weighted by Gasteiger charge is -2.37. The lowest BCUT2D eigenvalue weighted by molar-refractivity contribution is 0.135. The van der Waals surface area contributed by atoms with Crippen molar-refractivity contribution in [1.29, 1.82) is 0 Å². The third-order valence-electron chi connectivity index (χ3n) is 4.04. The first kappa shape index (κ1) is 14.0. The van der Waals surface area contributed by atoms with Gasteiger partial charge < -0.3 is 10.4 Å². The first-order chi connectivity index (χ1) is 7.48. The van der Waals surface area contributed by atoms with E-state index >= 15 is 0 Å². The number of aliphatic hydroxyl groups excluding tert-OH is 1. The van der Waals surface area contributed by atoms with Crippen LogP contribution in [0.4, 0.5) is 0 Å². The smallest absolute Gasteiger partial charge is 0.0494 e. The van der Waals surface area contributed by atoms with Crippen LogP contribution in [0, 0.1) is 17.3 Å². The fourth-order valence-electron chi connectivity index (χ4n) is 2.68. The highest BCUT2D eigenvalue weighted by Crippen LogP contribution is 2.31. The molecule has 0 amide bonds. The summed E-state index contributed by atoms with van der Waals surface area (Å²) in [5.41, 5.74) is 0.0152. The molecule has 3 atom stereocenters. The van der Waals surface area contributed by atoms with Gasteiger partial charge in [-0.2, -0.15) is 0 Å². The van der Waals surface area contributed by atoms with Gasteiger partial charge in [0, 0.05) is 24.6 Å². The van der Waals surface area contributed by atoms with E-state index in [0.29, 0.717) is 6.04 Å². The molecule has 0 aromatic rings. The van der Waals surface area contributed by atoms with E-state index in [1.807, 2.05) is 0 Å². The average Bonchev–Trinajstić information content (AvgIpc) is 2.27. The van der Waals surface area contributed by atoms with E-state index in [1.54, 1.807) is 0 Å².